The average Bonchev–Trinajstić information content (AvgIpc) is 2.69. The van der Waals surface area contributed by atoms with Crippen LogP contribution in [0.1, 0.15) is 36.6 Å². The van der Waals surface area contributed by atoms with Crippen LogP contribution in [0.2, 0.25) is 0 Å². The maximum Gasteiger partial charge on any atom is 0.254 e. The summed E-state index contributed by atoms with van der Waals surface area (Å²) in [5.41, 5.74) is 3.98. The minimum atomic E-state index is -0.218. The van der Waals surface area contributed by atoms with Crippen LogP contribution < -0.4 is 5.56 Å². The van der Waals surface area contributed by atoms with Crippen molar-refractivity contribution in [1.82, 2.24) is 4.57 Å². The molecule has 27 heavy (non-hydrogen) atoms. The Morgan fingerprint density at radius 2 is 1.74 bits per heavy atom. The fourth-order valence-electron chi connectivity index (χ4n) is 3.29. The van der Waals surface area contributed by atoms with E-state index < -0.39 is 0 Å². The second-order valence-corrected chi connectivity index (χ2v) is 6.55. The second-order valence-electron chi connectivity index (χ2n) is 6.55. The molecule has 1 heterocycles. The number of pyridine rings is 1. The molecule has 0 fully saturated rings. The number of aryl methyl sites for hydroxylation is 1. The summed E-state index contributed by atoms with van der Waals surface area (Å²) in [5, 5.41) is 19.3. The summed E-state index contributed by atoms with van der Waals surface area (Å²) in [4.78, 5) is 12.5. The quantitative estimate of drug-likeness (QED) is 0.706. The predicted molar refractivity (Wildman–Crippen MR) is 107 cm³/mol. The maximum atomic E-state index is 12.5. The summed E-state index contributed by atoms with van der Waals surface area (Å²) in [7, 11) is 0. The van der Waals surface area contributed by atoms with Gasteiger partial charge in [-0.1, -0.05) is 55.8 Å². The zero-order chi connectivity index (χ0) is 19.2. The van der Waals surface area contributed by atoms with Gasteiger partial charge in [-0.2, -0.15) is 5.26 Å². The lowest BCUT2D eigenvalue weighted by molar-refractivity contribution is 0.468. The van der Waals surface area contributed by atoms with E-state index in [1.54, 1.807) is 16.7 Å². The zero-order valence-corrected chi connectivity index (χ0v) is 15.4. The van der Waals surface area contributed by atoms with Crippen LogP contribution in [0.4, 0.5) is 0 Å². The van der Waals surface area contributed by atoms with E-state index in [1.807, 2.05) is 42.5 Å². The summed E-state index contributed by atoms with van der Waals surface area (Å²) in [6, 6.07) is 20.5. The average molecular weight is 358 g/mol. The van der Waals surface area contributed by atoms with Gasteiger partial charge in [-0.15, -0.1) is 0 Å². The van der Waals surface area contributed by atoms with Gasteiger partial charge in [0.2, 0.25) is 0 Å². The highest BCUT2D eigenvalue weighted by atomic mass is 16.3. The molecule has 0 aliphatic carbocycles. The molecule has 0 radical (unpaired) electrons. The van der Waals surface area contributed by atoms with E-state index in [1.165, 1.54) is 6.07 Å². The van der Waals surface area contributed by atoms with Crippen molar-refractivity contribution >= 4 is 0 Å². The summed E-state index contributed by atoms with van der Waals surface area (Å²) in [6.07, 6.45) is 2.69. The monoisotopic (exact) mass is 358 g/mol. The van der Waals surface area contributed by atoms with E-state index >= 15 is 0 Å². The highest BCUT2D eigenvalue weighted by Gasteiger charge is 2.12. The van der Waals surface area contributed by atoms with Gasteiger partial charge in [-0.25, -0.2) is 0 Å². The Morgan fingerprint density at radius 1 is 1.04 bits per heavy atom. The number of benzene rings is 2. The molecule has 0 unspecified atom stereocenters. The van der Waals surface area contributed by atoms with E-state index in [-0.39, 0.29) is 11.3 Å². The first-order valence-corrected chi connectivity index (χ1v) is 9.14. The van der Waals surface area contributed by atoms with Gasteiger partial charge >= 0.3 is 0 Å². The first-order chi connectivity index (χ1) is 13.1. The Labute approximate surface area is 159 Å². The van der Waals surface area contributed by atoms with Crippen LogP contribution in [0.3, 0.4) is 0 Å². The van der Waals surface area contributed by atoms with Crippen LogP contribution in [0, 0.1) is 11.3 Å². The number of unbranched alkanes of at least 4 members (excludes halogenated alkanes) is 1. The molecule has 0 amide bonds. The maximum absolute atomic E-state index is 12.5. The molecule has 136 valence electrons. The van der Waals surface area contributed by atoms with E-state index in [0.717, 1.165) is 41.6 Å². The number of aromatic nitrogens is 1. The SMILES string of the molecule is CCCCc1cc(O)cc(=O)n1Cc1ccccc1-c1ccccc1C#N. The van der Waals surface area contributed by atoms with Crippen LogP contribution in [-0.4, -0.2) is 9.67 Å². The molecule has 0 aliphatic heterocycles. The summed E-state index contributed by atoms with van der Waals surface area (Å²) < 4.78 is 1.71. The van der Waals surface area contributed by atoms with Crippen molar-refractivity contribution in [2.75, 3.05) is 0 Å². The normalized spacial score (nSPS) is 10.5. The van der Waals surface area contributed by atoms with Crippen LogP contribution in [-0.2, 0) is 13.0 Å². The molecule has 3 rings (SSSR count). The number of nitriles is 1. The zero-order valence-electron chi connectivity index (χ0n) is 15.4. The molecule has 0 atom stereocenters. The van der Waals surface area contributed by atoms with Gasteiger partial charge in [0.05, 0.1) is 18.2 Å². The van der Waals surface area contributed by atoms with Crippen LogP contribution in [0.15, 0.2) is 65.5 Å². The third kappa shape index (κ3) is 4.09. The van der Waals surface area contributed by atoms with Gasteiger partial charge in [0, 0.05) is 11.8 Å². The summed E-state index contributed by atoms with van der Waals surface area (Å²) >= 11 is 0. The molecular formula is C23H22N2O2. The third-order valence-electron chi connectivity index (χ3n) is 4.67. The minimum absolute atomic E-state index is 0.00506. The van der Waals surface area contributed by atoms with Crippen LogP contribution in [0.25, 0.3) is 11.1 Å². The van der Waals surface area contributed by atoms with E-state index in [4.69, 9.17) is 0 Å². The Balaban J connectivity index is 2.08. The lowest BCUT2D eigenvalue weighted by atomic mass is 9.95. The van der Waals surface area contributed by atoms with Gasteiger partial charge in [0.1, 0.15) is 5.75 Å². The van der Waals surface area contributed by atoms with Crippen molar-refractivity contribution in [3.05, 3.63) is 87.8 Å². The molecule has 1 N–H and O–H groups in total. The molecular weight excluding hydrogens is 336 g/mol. The molecule has 0 spiro atoms. The minimum Gasteiger partial charge on any atom is -0.508 e. The van der Waals surface area contributed by atoms with Gasteiger partial charge in [0.25, 0.3) is 5.56 Å². The van der Waals surface area contributed by atoms with Crippen molar-refractivity contribution in [1.29, 1.82) is 5.26 Å². The highest BCUT2D eigenvalue weighted by molar-refractivity contribution is 5.73. The summed E-state index contributed by atoms with van der Waals surface area (Å²) in [6.45, 7) is 2.49. The first-order valence-electron chi connectivity index (χ1n) is 9.14. The first kappa shape index (κ1) is 18.5. The predicted octanol–water partition coefficient (Wildman–Crippen LogP) is 4.48. The molecule has 3 aromatic rings. The Kier molecular flexibility index (Phi) is 5.73. The number of aromatic hydroxyl groups is 1. The number of nitrogens with zero attached hydrogens (tertiary/aromatic N) is 2. The molecule has 4 heteroatoms. The Bertz CT molecular complexity index is 1040. The largest absolute Gasteiger partial charge is 0.508 e. The molecule has 4 nitrogen and oxygen atoms in total. The topological polar surface area (TPSA) is 66.0 Å². The number of hydrogen-bond acceptors (Lipinski definition) is 3. The fourth-order valence-corrected chi connectivity index (χ4v) is 3.29. The van der Waals surface area contributed by atoms with Gasteiger partial charge in [-0.3, -0.25) is 4.79 Å². The summed E-state index contributed by atoms with van der Waals surface area (Å²) in [5.74, 6) is 0.00506. The van der Waals surface area contributed by atoms with Gasteiger partial charge in [0.15, 0.2) is 0 Å². The molecule has 1 aromatic heterocycles. The number of rotatable bonds is 6. The van der Waals surface area contributed by atoms with Crippen molar-refractivity contribution in [2.45, 2.75) is 32.7 Å². The van der Waals surface area contributed by atoms with Gasteiger partial charge < -0.3 is 9.67 Å². The van der Waals surface area contributed by atoms with Crippen molar-refractivity contribution < 1.29 is 5.11 Å². The molecule has 0 bridgehead atoms. The van der Waals surface area contributed by atoms with E-state index in [2.05, 4.69) is 13.0 Å². The molecule has 0 aliphatic rings. The number of hydrogen-bond donors (Lipinski definition) is 1. The van der Waals surface area contributed by atoms with Crippen LogP contribution >= 0.6 is 0 Å². The molecule has 0 saturated heterocycles. The van der Waals surface area contributed by atoms with E-state index in [9.17, 15) is 15.2 Å². The van der Waals surface area contributed by atoms with Crippen molar-refractivity contribution in [3.8, 4) is 22.9 Å². The van der Waals surface area contributed by atoms with Crippen molar-refractivity contribution in [2.24, 2.45) is 0 Å². The third-order valence-corrected chi connectivity index (χ3v) is 4.67. The Hall–Kier alpha value is -3.32. The van der Waals surface area contributed by atoms with Gasteiger partial charge in [-0.05, 0) is 41.7 Å². The lowest BCUT2D eigenvalue weighted by Crippen LogP contribution is -2.23. The standard InChI is InChI=1S/C23H22N2O2/c1-2-3-10-19-13-20(26)14-23(27)25(19)16-18-9-5-7-12-22(18)21-11-6-4-8-17(21)15-24/h4-9,11-14,26H,2-3,10,16H2,1H3. The molecule has 2 aromatic carbocycles. The van der Waals surface area contributed by atoms with Crippen LogP contribution in [0.5, 0.6) is 5.75 Å². The smallest absolute Gasteiger partial charge is 0.254 e. The fraction of sp³-hybridized carbons (Fsp3) is 0.217. The lowest BCUT2D eigenvalue weighted by Gasteiger charge is -2.16. The van der Waals surface area contributed by atoms with E-state index in [0.29, 0.717) is 12.1 Å². The highest BCUT2D eigenvalue weighted by Crippen LogP contribution is 2.27. The molecule has 0 saturated carbocycles. The second kappa shape index (κ2) is 8.37. The Morgan fingerprint density at radius 3 is 2.48 bits per heavy atom. The van der Waals surface area contributed by atoms with Crippen molar-refractivity contribution in [3.63, 3.8) is 0 Å².